The van der Waals surface area contributed by atoms with Crippen LogP contribution in [0, 0.1) is 27.7 Å². The molecule has 0 saturated carbocycles. The number of hydrogen-bond acceptors (Lipinski definition) is 6. The third kappa shape index (κ3) is 4.49. The number of carbonyl (C=O) groups is 1. The van der Waals surface area contributed by atoms with Crippen molar-refractivity contribution in [1.29, 1.82) is 0 Å². The number of rotatable bonds is 7. The quantitative estimate of drug-likeness (QED) is 0.393. The Morgan fingerprint density at radius 3 is 2.19 bits per heavy atom. The smallest absolute Gasteiger partial charge is 0.347 e. The van der Waals surface area contributed by atoms with E-state index in [9.17, 15) is 9.90 Å². The first-order valence-corrected chi connectivity index (χ1v) is 10.2. The van der Waals surface area contributed by atoms with Crippen LogP contribution in [0.1, 0.15) is 38.2 Å². The number of aryl methyl sites for hydroxylation is 1. The molecule has 168 valence electrons. The molecular formula is C26H28O6. The molecule has 0 aliphatic rings. The summed E-state index contributed by atoms with van der Waals surface area (Å²) in [4.78, 5) is 13.2. The minimum Gasteiger partial charge on any atom is -0.507 e. The highest BCUT2D eigenvalue weighted by Gasteiger charge is 2.25. The Balaban J connectivity index is 1.92. The molecule has 3 rings (SSSR count). The van der Waals surface area contributed by atoms with Gasteiger partial charge < -0.3 is 24.1 Å². The van der Waals surface area contributed by atoms with E-state index in [1.165, 1.54) is 14.2 Å². The van der Waals surface area contributed by atoms with Gasteiger partial charge in [0.25, 0.3) is 0 Å². The van der Waals surface area contributed by atoms with Gasteiger partial charge in [0.1, 0.15) is 29.4 Å². The monoisotopic (exact) mass is 436 g/mol. The van der Waals surface area contributed by atoms with E-state index in [0.29, 0.717) is 51.7 Å². The highest BCUT2D eigenvalue weighted by molar-refractivity contribution is 5.96. The molecule has 3 aromatic rings. The summed E-state index contributed by atoms with van der Waals surface area (Å²) in [6.07, 6.45) is 0. The van der Waals surface area contributed by atoms with E-state index in [0.717, 1.165) is 5.56 Å². The predicted octanol–water partition coefficient (Wildman–Crippen LogP) is 5.44. The maximum absolute atomic E-state index is 13.2. The highest BCUT2D eigenvalue weighted by Crippen LogP contribution is 2.43. The van der Waals surface area contributed by atoms with Gasteiger partial charge in [0, 0.05) is 17.2 Å². The highest BCUT2D eigenvalue weighted by atomic mass is 16.6. The van der Waals surface area contributed by atoms with Gasteiger partial charge in [-0.2, -0.15) is 0 Å². The van der Waals surface area contributed by atoms with E-state index in [-0.39, 0.29) is 11.5 Å². The van der Waals surface area contributed by atoms with Gasteiger partial charge in [0.2, 0.25) is 0 Å². The lowest BCUT2D eigenvalue weighted by molar-refractivity contribution is 0.0723. The van der Waals surface area contributed by atoms with Crippen LogP contribution in [-0.4, -0.2) is 25.3 Å². The average Bonchev–Trinajstić information content (AvgIpc) is 2.80. The van der Waals surface area contributed by atoms with Crippen molar-refractivity contribution < 1.29 is 28.8 Å². The van der Waals surface area contributed by atoms with Crippen LogP contribution in [-0.2, 0) is 6.61 Å². The van der Waals surface area contributed by atoms with Crippen LogP contribution in [0.4, 0.5) is 0 Å². The molecule has 0 amide bonds. The second kappa shape index (κ2) is 9.64. The summed E-state index contributed by atoms with van der Waals surface area (Å²) < 4.78 is 22.6. The Bertz CT molecular complexity index is 1140. The fraction of sp³-hybridized carbons (Fsp3) is 0.269. The maximum Gasteiger partial charge on any atom is 0.347 e. The van der Waals surface area contributed by atoms with E-state index in [2.05, 4.69) is 0 Å². The number of esters is 1. The first-order valence-electron chi connectivity index (χ1n) is 10.2. The van der Waals surface area contributed by atoms with Crippen molar-refractivity contribution in [2.75, 3.05) is 14.2 Å². The van der Waals surface area contributed by atoms with Gasteiger partial charge in [-0.05, 0) is 50.5 Å². The number of ether oxygens (including phenoxy) is 4. The number of aromatic hydroxyl groups is 1. The molecule has 0 bridgehead atoms. The largest absolute Gasteiger partial charge is 0.507 e. The van der Waals surface area contributed by atoms with E-state index in [4.69, 9.17) is 18.9 Å². The van der Waals surface area contributed by atoms with Gasteiger partial charge in [-0.1, -0.05) is 30.3 Å². The van der Waals surface area contributed by atoms with Crippen molar-refractivity contribution in [3.8, 4) is 28.7 Å². The number of benzene rings is 3. The molecule has 0 aliphatic carbocycles. The summed E-state index contributed by atoms with van der Waals surface area (Å²) in [7, 11) is 2.96. The molecule has 0 heterocycles. The normalized spacial score (nSPS) is 10.6. The third-order valence-corrected chi connectivity index (χ3v) is 5.50. The van der Waals surface area contributed by atoms with Gasteiger partial charge in [0.15, 0.2) is 11.5 Å². The third-order valence-electron chi connectivity index (χ3n) is 5.50. The van der Waals surface area contributed by atoms with Gasteiger partial charge >= 0.3 is 5.97 Å². The van der Waals surface area contributed by atoms with Crippen molar-refractivity contribution in [2.45, 2.75) is 34.3 Å². The first kappa shape index (κ1) is 23.0. The van der Waals surface area contributed by atoms with Gasteiger partial charge in [-0.3, -0.25) is 0 Å². The first-order chi connectivity index (χ1) is 15.3. The van der Waals surface area contributed by atoms with Crippen LogP contribution in [0.2, 0.25) is 0 Å². The maximum atomic E-state index is 13.2. The standard InChI is InChI=1S/C26H28O6/c1-15-12-20(31-14-19-10-8-7-9-11-19)13-21(29-5)22(15)26(28)32-25-17(3)16(2)23(27)18(4)24(25)30-6/h7-13,27H,14H2,1-6H3. The van der Waals surface area contributed by atoms with Gasteiger partial charge in [-0.15, -0.1) is 0 Å². The number of phenols is 1. The Kier molecular flexibility index (Phi) is 6.93. The fourth-order valence-corrected chi connectivity index (χ4v) is 3.56. The lowest BCUT2D eigenvalue weighted by atomic mass is 10.0. The van der Waals surface area contributed by atoms with Crippen molar-refractivity contribution in [2.24, 2.45) is 0 Å². The molecule has 0 radical (unpaired) electrons. The van der Waals surface area contributed by atoms with E-state index >= 15 is 0 Å². The lowest BCUT2D eigenvalue weighted by Crippen LogP contribution is -2.14. The van der Waals surface area contributed by atoms with E-state index in [1.807, 2.05) is 30.3 Å². The summed E-state index contributed by atoms with van der Waals surface area (Å²) in [5.74, 6) is 1.06. The van der Waals surface area contributed by atoms with Gasteiger partial charge in [0.05, 0.1) is 14.2 Å². The Morgan fingerprint density at radius 2 is 1.56 bits per heavy atom. The minimum absolute atomic E-state index is 0.118. The van der Waals surface area contributed by atoms with Crippen LogP contribution >= 0.6 is 0 Å². The van der Waals surface area contributed by atoms with Gasteiger partial charge in [-0.25, -0.2) is 4.79 Å². The molecule has 32 heavy (non-hydrogen) atoms. The predicted molar refractivity (Wildman–Crippen MR) is 122 cm³/mol. The van der Waals surface area contributed by atoms with Crippen LogP contribution in [0.5, 0.6) is 28.7 Å². The average molecular weight is 437 g/mol. The molecule has 1 N–H and O–H groups in total. The van der Waals surface area contributed by atoms with Crippen molar-refractivity contribution >= 4 is 5.97 Å². The summed E-state index contributed by atoms with van der Waals surface area (Å²) in [6.45, 7) is 7.44. The Morgan fingerprint density at radius 1 is 0.875 bits per heavy atom. The Hall–Kier alpha value is -3.67. The zero-order valence-corrected chi connectivity index (χ0v) is 19.2. The van der Waals surface area contributed by atoms with Crippen LogP contribution in [0.25, 0.3) is 0 Å². The minimum atomic E-state index is -0.583. The summed E-state index contributed by atoms with van der Waals surface area (Å²) in [5, 5.41) is 10.3. The number of methoxy groups -OCH3 is 2. The number of phenolic OH excluding ortho intramolecular Hbond substituents is 1. The van der Waals surface area contributed by atoms with Crippen molar-refractivity contribution in [3.05, 3.63) is 75.8 Å². The van der Waals surface area contributed by atoms with E-state index in [1.54, 1.807) is 39.8 Å². The molecule has 0 saturated heterocycles. The molecule has 3 aromatic carbocycles. The molecule has 6 heteroatoms. The van der Waals surface area contributed by atoms with Crippen molar-refractivity contribution in [3.63, 3.8) is 0 Å². The second-order valence-corrected chi connectivity index (χ2v) is 7.57. The molecule has 0 spiro atoms. The lowest BCUT2D eigenvalue weighted by Gasteiger charge is -2.19. The zero-order valence-electron chi connectivity index (χ0n) is 19.2. The second-order valence-electron chi connectivity index (χ2n) is 7.57. The van der Waals surface area contributed by atoms with Crippen LogP contribution < -0.4 is 18.9 Å². The zero-order chi connectivity index (χ0) is 23.4. The molecule has 0 unspecified atom stereocenters. The molecule has 0 atom stereocenters. The van der Waals surface area contributed by atoms with Crippen LogP contribution in [0.15, 0.2) is 42.5 Å². The van der Waals surface area contributed by atoms with Crippen molar-refractivity contribution in [1.82, 2.24) is 0 Å². The van der Waals surface area contributed by atoms with E-state index < -0.39 is 5.97 Å². The Labute approximate surface area is 188 Å². The molecule has 6 nitrogen and oxygen atoms in total. The molecule has 0 aromatic heterocycles. The van der Waals surface area contributed by atoms with Crippen LogP contribution in [0.3, 0.4) is 0 Å². The molecular weight excluding hydrogens is 408 g/mol. The summed E-state index contributed by atoms with van der Waals surface area (Å²) in [5.41, 5.74) is 3.74. The summed E-state index contributed by atoms with van der Waals surface area (Å²) >= 11 is 0. The molecule has 0 aliphatic heterocycles. The summed E-state index contributed by atoms with van der Waals surface area (Å²) in [6, 6.07) is 13.3. The number of carbonyl (C=O) groups excluding carboxylic acids is 1. The number of hydrogen-bond donors (Lipinski definition) is 1. The SMILES string of the molecule is COc1cc(OCc2ccccc2)cc(C)c1C(=O)Oc1c(C)c(C)c(O)c(C)c1OC. The molecule has 0 fully saturated rings. The topological polar surface area (TPSA) is 74.2 Å². The fourth-order valence-electron chi connectivity index (χ4n) is 3.56.